The van der Waals surface area contributed by atoms with Gasteiger partial charge in [-0.15, -0.1) is 0 Å². The van der Waals surface area contributed by atoms with Gasteiger partial charge in [-0.05, 0) is 53.0 Å². The summed E-state index contributed by atoms with van der Waals surface area (Å²) in [5.74, 6) is 0.618. The number of amidine groups is 1. The molecule has 6 nitrogen and oxygen atoms in total. The largest absolute Gasteiger partial charge is 0.442 e. The van der Waals surface area contributed by atoms with E-state index in [0.717, 1.165) is 12.0 Å². The van der Waals surface area contributed by atoms with E-state index >= 15 is 0 Å². The van der Waals surface area contributed by atoms with E-state index in [1.54, 1.807) is 19.0 Å². The zero-order chi connectivity index (χ0) is 18.9. The number of amides is 1. The molecule has 0 heterocycles. The van der Waals surface area contributed by atoms with Crippen LogP contribution < -0.4 is 0 Å². The number of hydrazine groups is 1. The third kappa shape index (κ3) is 8.15. The van der Waals surface area contributed by atoms with E-state index in [0.29, 0.717) is 24.5 Å². The highest BCUT2D eigenvalue weighted by Crippen LogP contribution is 2.14. The number of nitrogens with zero attached hydrogens (tertiary/aromatic N) is 3. The van der Waals surface area contributed by atoms with Gasteiger partial charge >= 0.3 is 6.09 Å². The molecule has 0 saturated carbocycles. The molecule has 0 aliphatic heterocycles. The molecule has 0 unspecified atom stereocenters. The first-order valence-corrected chi connectivity index (χ1v) is 8.29. The summed E-state index contributed by atoms with van der Waals surface area (Å²) in [6.45, 7) is 15.6. The number of allylic oxidation sites excluding steroid dienone is 2. The number of carbonyl (C=O) groups excluding carboxylic acids is 1. The SMILES string of the molecule is C=C(/N=C(\C)N(C)N(CCCO)C(=O)OC(C)(C)C)/C(C)=C/CC. The summed E-state index contributed by atoms with van der Waals surface area (Å²) in [6, 6.07) is 0. The van der Waals surface area contributed by atoms with E-state index in [1.165, 1.54) is 5.01 Å². The second kappa shape index (κ2) is 10.1. The van der Waals surface area contributed by atoms with Crippen molar-refractivity contribution >= 4 is 11.9 Å². The summed E-state index contributed by atoms with van der Waals surface area (Å²) < 4.78 is 5.43. The zero-order valence-electron chi connectivity index (χ0n) is 16.2. The minimum Gasteiger partial charge on any atom is -0.442 e. The Hall–Kier alpha value is -1.82. The number of hydrogen-bond donors (Lipinski definition) is 1. The third-order valence-corrected chi connectivity index (χ3v) is 3.23. The number of hydrogen-bond acceptors (Lipinski definition) is 4. The van der Waals surface area contributed by atoms with E-state index in [2.05, 4.69) is 24.6 Å². The predicted molar refractivity (Wildman–Crippen MR) is 98.7 cm³/mol. The molecule has 0 saturated heterocycles. The highest BCUT2D eigenvalue weighted by atomic mass is 16.6. The molecule has 6 heteroatoms. The molecular formula is C18H33N3O3. The molecule has 0 fully saturated rings. The van der Waals surface area contributed by atoms with Gasteiger partial charge in [-0.2, -0.15) is 0 Å². The summed E-state index contributed by atoms with van der Waals surface area (Å²) in [5.41, 5.74) is 1.07. The van der Waals surface area contributed by atoms with Crippen molar-refractivity contribution in [1.82, 2.24) is 10.0 Å². The minimum atomic E-state index is -0.593. The lowest BCUT2D eigenvalue weighted by Gasteiger charge is -2.34. The van der Waals surface area contributed by atoms with Crippen LogP contribution in [0, 0.1) is 0 Å². The van der Waals surface area contributed by atoms with Crippen molar-refractivity contribution in [3.05, 3.63) is 23.9 Å². The second-order valence-corrected chi connectivity index (χ2v) is 6.61. The smallest absolute Gasteiger partial charge is 0.429 e. The maximum Gasteiger partial charge on any atom is 0.429 e. The zero-order valence-corrected chi connectivity index (χ0v) is 16.2. The lowest BCUT2D eigenvalue weighted by molar-refractivity contribution is -0.0149. The summed E-state index contributed by atoms with van der Waals surface area (Å²) >= 11 is 0. The molecule has 1 N–H and O–H groups in total. The Morgan fingerprint density at radius 3 is 2.38 bits per heavy atom. The molecular weight excluding hydrogens is 306 g/mol. The van der Waals surface area contributed by atoms with Crippen molar-refractivity contribution in [2.75, 3.05) is 20.2 Å². The van der Waals surface area contributed by atoms with Gasteiger partial charge < -0.3 is 9.84 Å². The quantitative estimate of drug-likeness (QED) is 0.346. The van der Waals surface area contributed by atoms with Crippen LogP contribution >= 0.6 is 0 Å². The van der Waals surface area contributed by atoms with Crippen LogP contribution in [0.5, 0.6) is 0 Å². The maximum atomic E-state index is 12.4. The van der Waals surface area contributed by atoms with Crippen LogP contribution in [0.15, 0.2) is 28.9 Å². The van der Waals surface area contributed by atoms with Gasteiger partial charge in [0.1, 0.15) is 11.4 Å². The topological polar surface area (TPSA) is 65.4 Å². The summed E-state index contributed by atoms with van der Waals surface area (Å²) in [4.78, 5) is 16.9. The fraction of sp³-hybridized carbons (Fsp3) is 0.667. The molecule has 0 aromatic carbocycles. The van der Waals surface area contributed by atoms with E-state index in [4.69, 9.17) is 9.84 Å². The third-order valence-electron chi connectivity index (χ3n) is 3.23. The van der Waals surface area contributed by atoms with Crippen LogP contribution in [-0.2, 0) is 4.74 Å². The number of aliphatic hydroxyl groups excluding tert-OH is 1. The molecule has 0 aromatic heterocycles. The van der Waals surface area contributed by atoms with Crippen molar-refractivity contribution in [2.45, 2.75) is 60.0 Å². The molecule has 0 atom stereocenters. The van der Waals surface area contributed by atoms with Crippen LogP contribution in [0.3, 0.4) is 0 Å². The normalized spacial score (nSPS) is 12.8. The molecule has 0 aliphatic rings. The van der Waals surface area contributed by atoms with Crippen LogP contribution in [0.2, 0.25) is 0 Å². The molecule has 24 heavy (non-hydrogen) atoms. The number of rotatable bonds is 6. The highest BCUT2D eigenvalue weighted by molar-refractivity contribution is 5.83. The van der Waals surface area contributed by atoms with Crippen LogP contribution in [0.25, 0.3) is 0 Å². The molecule has 0 rings (SSSR count). The van der Waals surface area contributed by atoms with Gasteiger partial charge in [0, 0.05) is 20.2 Å². The molecule has 0 aliphatic carbocycles. The van der Waals surface area contributed by atoms with Gasteiger partial charge in [0.15, 0.2) is 0 Å². The fourth-order valence-electron chi connectivity index (χ4n) is 1.85. The molecule has 0 bridgehead atoms. The number of ether oxygens (including phenoxy) is 1. The average molecular weight is 339 g/mol. The molecule has 0 aromatic rings. The highest BCUT2D eigenvalue weighted by Gasteiger charge is 2.25. The van der Waals surface area contributed by atoms with Gasteiger partial charge in [0.05, 0.1) is 5.70 Å². The van der Waals surface area contributed by atoms with Crippen LogP contribution in [0.1, 0.15) is 54.4 Å². The molecule has 0 radical (unpaired) electrons. The standard InChI is InChI=1S/C18H33N3O3/c1-9-11-14(2)15(3)19-16(4)20(8)21(12-10-13-22)17(23)24-18(5,6)7/h11,22H,3,9-10,12-13H2,1-2,4-8H3/b14-11+,19-16+. The van der Waals surface area contributed by atoms with Gasteiger partial charge in [0.2, 0.25) is 0 Å². The van der Waals surface area contributed by atoms with Crippen LogP contribution in [-0.4, -0.2) is 52.9 Å². The first-order valence-electron chi connectivity index (χ1n) is 8.29. The van der Waals surface area contributed by atoms with Crippen molar-refractivity contribution in [3.63, 3.8) is 0 Å². The number of aliphatic hydroxyl groups is 1. The van der Waals surface area contributed by atoms with Crippen LogP contribution in [0.4, 0.5) is 4.79 Å². The van der Waals surface area contributed by atoms with Crippen molar-refractivity contribution in [2.24, 2.45) is 4.99 Å². The second-order valence-electron chi connectivity index (χ2n) is 6.61. The van der Waals surface area contributed by atoms with E-state index in [1.807, 2.05) is 27.7 Å². The van der Waals surface area contributed by atoms with Gasteiger partial charge in [-0.3, -0.25) is 5.01 Å². The van der Waals surface area contributed by atoms with E-state index < -0.39 is 11.7 Å². The summed E-state index contributed by atoms with van der Waals surface area (Å²) in [7, 11) is 1.74. The molecule has 138 valence electrons. The Balaban J connectivity index is 5.28. The Bertz CT molecular complexity index is 490. The first kappa shape index (κ1) is 22.2. The van der Waals surface area contributed by atoms with E-state index in [9.17, 15) is 4.79 Å². The Morgan fingerprint density at radius 1 is 1.33 bits per heavy atom. The summed E-state index contributed by atoms with van der Waals surface area (Å²) in [6.07, 6.45) is 2.94. The van der Waals surface area contributed by atoms with Gasteiger partial charge in [0.25, 0.3) is 0 Å². The maximum absolute atomic E-state index is 12.4. The Labute approximate surface area is 146 Å². The average Bonchev–Trinajstić information content (AvgIpc) is 2.45. The van der Waals surface area contributed by atoms with Gasteiger partial charge in [-0.25, -0.2) is 14.8 Å². The number of carbonyl (C=O) groups is 1. The fourth-order valence-corrected chi connectivity index (χ4v) is 1.85. The van der Waals surface area contributed by atoms with Crippen molar-refractivity contribution in [3.8, 4) is 0 Å². The van der Waals surface area contributed by atoms with Gasteiger partial charge in [-0.1, -0.05) is 19.6 Å². The predicted octanol–water partition coefficient (Wildman–Crippen LogP) is 3.74. The molecule has 1 amide bonds. The van der Waals surface area contributed by atoms with E-state index in [-0.39, 0.29) is 6.61 Å². The van der Waals surface area contributed by atoms with Crippen molar-refractivity contribution < 1.29 is 14.6 Å². The lowest BCUT2D eigenvalue weighted by atomic mass is 10.2. The number of aliphatic imine (C=N–C) groups is 1. The summed E-state index contributed by atoms with van der Waals surface area (Å²) in [5, 5.41) is 12.1. The lowest BCUT2D eigenvalue weighted by Crippen LogP contribution is -2.49. The Kier molecular flexibility index (Phi) is 9.36. The minimum absolute atomic E-state index is 0.00557. The van der Waals surface area contributed by atoms with Crippen molar-refractivity contribution in [1.29, 1.82) is 0 Å². The Morgan fingerprint density at radius 2 is 1.92 bits per heavy atom. The molecule has 0 spiro atoms. The monoisotopic (exact) mass is 339 g/mol. The first-order chi connectivity index (χ1) is 11.0.